The van der Waals surface area contributed by atoms with Crippen molar-refractivity contribution < 1.29 is 19.1 Å². The molecule has 7 rings (SSSR count). The number of nitrogens with zero attached hydrogens (tertiary/aromatic N) is 4. The number of rotatable bonds is 68. The normalized spacial score (nSPS) is 12.5. The van der Waals surface area contributed by atoms with Crippen LogP contribution in [0.15, 0.2) is 35.0 Å². The summed E-state index contributed by atoms with van der Waals surface area (Å²) < 4.78 is 34.7. The van der Waals surface area contributed by atoms with E-state index in [4.69, 9.17) is 27.0 Å². The van der Waals surface area contributed by atoms with Gasteiger partial charge in [0.05, 0.1) is 34.2 Å². The van der Waals surface area contributed by atoms with E-state index in [2.05, 4.69) is 76.6 Å². The number of ether oxygens (including phenoxy) is 2. The zero-order valence-electron chi connectivity index (χ0n) is 68.5. The van der Waals surface area contributed by atoms with Crippen LogP contribution in [0.5, 0.6) is 11.5 Å². The average molecular weight is 1530 g/mol. The van der Waals surface area contributed by atoms with Crippen molar-refractivity contribution in [2.75, 3.05) is 0 Å². The Balaban J connectivity index is 1.26. The molecule has 0 amide bonds. The maximum Gasteiger partial charge on any atom is 0.311 e. The summed E-state index contributed by atoms with van der Waals surface area (Å²) in [5.74, 6) is 1.67. The third-order valence-electron chi connectivity index (χ3n) is 23.2. The molecule has 0 saturated heterocycles. The second-order valence-electron chi connectivity index (χ2n) is 32.6. The minimum atomic E-state index is -0.260. The van der Waals surface area contributed by atoms with Crippen LogP contribution in [-0.2, 0) is 22.4 Å². The van der Waals surface area contributed by atoms with E-state index in [1.54, 1.807) is 22.7 Å². The molecule has 2 atom stereocenters. The standard InChI is InChI=1S/C94H150N4O4S4/c1-7-13-19-25-31-37-41-45-51-57-63-75(61-55-49-43-35-29-23-17-11-5)67-77-69-83(103-73-77)79-71-81-87(91-89(79)95-105-97-91)94(102-86(100)66-60-54-48-40-34-28-22-16-10-4)82-72-80(90-92(98-106-96-90)88(82)93(81)101-85(99)65-59-53-47-39-33-27-21-15-9-3)84-70-78(74-104-84)68-76(62-56-50-44-36-30-24-18-12-6)64-58-52-46-42-38-32-26-20-14-8-2/h69-76H,7-68H2,1-6H3. The van der Waals surface area contributed by atoms with Gasteiger partial charge in [-0.15, -0.1) is 22.7 Å². The Hall–Kier alpha value is -3.84. The van der Waals surface area contributed by atoms with E-state index >= 15 is 0 Å². The van der Waals surface area contributed by atoms with Gasteiger partial charge in [0.2, 0.25) is 0 Å². The van der Waals surface area contributed by atoms with Crippen molar-refractivity contribution in [1.29, 1.82) is 0 Å². The van der Waals surface area contributed by atoms with Crippen LogP contribution in [0.4, 0.5) is 0 Å². The largest absolute Gasteiger partial charge is 0.425 e. The number of benzene rings is 3. The number of unbranched alkanes of at least 4 members (excludes halogenated alkanes) is 48. The van der Waals surface area contributed by atoms with Crippen molar-refractivity contribution >= 4 is 102 Å². The number of esters is 2. The number of carbonyl (C=O) groups excluding carboxylic acids is 2. The molecule has 4 aromatic heterocycles. The van der Waals surface area contributed by atoms with Gasteiger partial charge in [-0.2, -0.15) is 17.5 Å². The van der Waals surface area contributed by atoms with Crippen molar-refractivity contribution in [3.05, 3.63) is 46.2 Å². The molecule has 0 aliphatic rings. The van der Waals surface area contributed by atoms with E-state index in [-0.39, 0.29) is 11.9 Å². The number of thiophene rings is 2. The lowest BCUT2D eigenvalue weighted by atomic mass is 9.89. The van der Waals surface area contributed by atoms with Crippen molar-refractivity contribution in [2.45, 2.75) is 440 Å². The topological polar surface area (TPSA) is 104 Å². The molecule has 0 fully saturated rings. The summed E-state index contributed by atoms with van der Waals surface area (Å²) in [5.41, 5.74) is 7.62. The third kappa shape index (κ3) is 33.2. The first-order valence-corrected chi connectivity index (χ1v) is 48.4. The van der Waals surface area contributed by atoms with Gasteiger partial charge >= 0.3 is 11.9 Å². The highest BCUT2D eigenvalue weighted by Crippen LogP contribution is 2.52. The molecule has 12 heteroatoms. The van der Waals surface area contributed by atoms with Crippen LogP contribution >= 0.6 is 46.1 Å². The molecule has 4 heterocycles. The zero-order chi connectivity index (χ0) is 74.7. The van der Waals surface area contributed by atoms with Crippen LogP contribution < -0.4 is 9.47 Å². The third-order valence-corrected chi connectivity index (χ3v) is 26.3. The lowest BCUT2D eigenvalue weighted by Crippen LogP contribution is -2.11. The molecule has 594 valence electrons. The fraction of sp³-hybridized carbons (Fsp3) is 0.745. The molecular formula is C94H150N4O4S4. The fourth-order valence-electron chi connectivity index (χ4n) is 16.6. The first-order chi connectivity index (χ1) is 52.3. The minimum Gasteiger partial charge on any atom is -0.425 e. The Morgan fingerprint density at radius 3 is 0.802 bits per heavy atom. The molecule has 0 radical (unpaired) electrons. The first kappa shape index (κ1) is 89.4. The van der Waals surface area contributed by atoms with Crippen LogP contribution in [0.3, 0.4) is 0 Å². The summed E-state index contributed by atoms with van der Waals surface area (Å²) in [7, 11) is 0. The van der Waals surface area contributed by atoms with Crippen molar-refractivity contribution in [3.63, 3.8) is 0 Å². The molecule has 0 aliphatic heterocycles. The summed E-state index contributed by atoms with van der Waals surface area (Å²) in [6.45, 7) is 13.8. The van der Waals surface area contributed by atoms with Gasteiger partial charge in [0, 0.05) is 44.5 Å². The maximum atomic E-state index is 14.9. The van der Waals surface area contributed by atoms with Crippen molar-refractivity contribution in [3.8, 4) is 32.4 Å². The minimum absolute atomic E-state index is 0.260. The molecule has 2 unspecified atom stereocenters. The van der Waals surface area contributed by atoms with Gasteiger partial charge in [-0.05, 0) is 83.7 Å². The van der Waals surface area contributed by atoms with Crippen LogP contribution in [0.1, 0.15) is 438 Å². The molecule has 0 spiro atoms. The smallest absolute Gasteiger partial charge is 0.311 e. The fourth-order valence-corrected chi connectivity index (χ4v) is 19.7. The summed E-state index contributed by atoms with van der Waals surface area (Å²) in [6.07, 6.45) is 77.5. The highest BCUT2D eigenvalue weighted by Gasteiger charge is 2.30. The zero-order valence-corrected chi connectivity index (χ0v) is 71.8. The Kier molecular flexibility index (Phi) is 47.5. The number of hydrogen-bond donors (Lipinski definition) is 0. The van der Waals surface area contributed by atoms with Crippen LogP contribution in [0, 0.1) is 11.8 Å². The van der Waals surface area contributed by atoms with E-state index < -0.39 is 0 Å². The van der Waals surface area contributed by atoms with Gasteiger partial charge in [0.25, 0.3) is 0 Å². The number of fused-ring (bicyclic) bond motifs is 6. The molecule has 0 bridgehead atoms. The molecule has 0 aliphatic carbocycles. The first-order valence-electron chi connectivity index (χ1n) is 45.2. The van der Waals surface area contributed by atoms with Gasteiger partial charge in [-0.25, -0.2) is 0 Å². The molecule has 106 heavy (non-hydrogen) atoms. The van der Waals surface area contributed by atoms with Crippen molar-refractivity contribution in [2.24, 2.45) is 11.8 Å². The SMILES string of the molecule is CCCCCCCCCCCCC(CCCCCCCCCC)Cc1csc(-c2cc3c(OC(=O)CCCCCCCCCCC)c4c(cc(-c5cc(CC(CCCCCCCCCC)CCCCCCCCCCCC)cs5)c5nsnc54)c(OC(=O)CCCCCCCCCCC)c3c3nsnc23)c1. The van der Waals surface area contributed by atoms with Gasteiger partial charge in [0.1, 0.15) is 33.6 Å². The highest BCUT2D eigenvalue weighted by molar-refractivity contribution is 7.14. The molecular weight excluding hydrogens is 1380 g/mol. The van der Waals surface area contributed by atoms with E-state index in [0.29, 0.717) is 68.8 Å². The second-order valence-corrected chi connectivity index (χ2v) is 35.5. The van der Waals surface area contributed by atoms with Gasteiger partial charge in [-0.3, -0.25) is 9.59 Å². The predicted molar refractivity (Wildman–Crippen MR) is 467 cm³/mol. The lowest BCUT2D eigenvalue weighted by Gasteiger charge is -2.19. The quantitative estimate of drug-likeness (QED) is 0.0161. The number of carbonyl (C=O) groups is 2. The monoisotopic (exact) mass is 1530 g/mol. The summed E-state index contributed by atoms with van der Waals surface area (Å²) in [5, 5.41) is 7.52. The Bertz CT molecular complexity index is 3190. The molecule has 0 saturated carbocycles. The maximum absolute atomic E-state index is 14.9. The van der Waals surface area contributed by atoms with Crippen molar-refractivity contribution in [1.82, 2.24) is 17.5 Å². The molecule has 3 aromatic carbocycles. The van der Waals surface area contributed by atoms with Gasteiger partial charge in [-0.1, -0.05) is 401 Å². The second kappa shape index (κ2) is 56.4. The van der Waals surface area contributed by atoms with Crippen LogP contribution in [0.25, 0.3) is 64.5 Å². The highest BCUT2D eigenvalue weighted by atomic mass is 32.1. The van der Waals surface area contributed by atoms with E-state index in [1.165, 1.54) is 368 Å². The summed E-state index contributed by atoms with van der Waals surface area (Å²) >= 11 is 5.99. The Morgan fingerprint density at radius 2 is 0.538 bits per heavy atom. The molecule has 8 nitrogen and oxygen atoms in total. The number of aromatic nitrogens is 4. The Morgan fingerprint density at radius 1 is 0.302 bits per heavy atom. The average Bonchev–Trinajstić information content (AvgIpc) is 1.33. The van der Waals surface area contributed by atoms with E-state index in [9.17, 15) is 9.59 Å². The summed E-state index contributed by atoms with van der Waals surface area (Å²) in [4.78, 5) is 32.0. The van der Waals surface area contributed by atoms with Gasteiger partial charge in [0.15, 0.2) is 0 Å². The van der Waals surface area contributed by atoms with Crippen LogP contribution in [0.2, 0.25) is 0 Å². The lowest BCUT2D eigenvalue weighted by molar-refractivity contribution is -0.135. The predicted octanol–water partition coefficient (Wildman–Crippen LogP) is 33.1. The van der Waals surface area contributed by atoms with Crippen LogP contribution in [-0.4, -0.2) is 29.4 Å². The molecule has 7 aromatic rings. The van der Waals surface area contributed by atoms with E-state index in [1.807, 2.05) is 0 Å². The van der Waals surface area contributed by atoms with Gasteiger partial charge < -0.3 is 9.47 Å². The van der Waals surface area contributed by atoms with E-state index in [0.717, 1.165) is 83.3 Å². The number of hydrogen-bond acceptors (Lipinski definition) is 12. The molecule has 0 N–H and O–H groups in total. The summed E-state index contributed by atoms with van der Waals surface area (Å²) in [6, 6.07) is 9.24. The Labute approximate surface area is 663 Å².